The molecule has 0 atom stereocenters. The number of fused-ring (bicyclic) bond motifs is 1. The molecule has 0 fully saturated rings. The number of nitrogens with zero attached hydrogens (tertiary/aromatic N) is 2. The highest BCUT2D eigenvalue weighted by atomic mass is 19.4. The maximum atomic E-state index is 15.1. The Kier molecular flexibility index (Phi) is 6.58. The molecule has 0 amide bonds. The lowest BCUT2D eigenvalue weighted by Crippen LogP contribution is -2.04. The predicted octanol–water partition coefficient (Wildman–Crippen LogP) is 7.03. The van der Waals surface area contributed by atoms with E-state index in [2.05, 4.69) is 9.97 Å². The second-order valence-electron chi connectivity index (χ2n) is 7.76. The molecule has 33 heavy (non-hydrogen) atoms. The Hall–Kier alpha value is -3.48. The van der Waals surface area contributed by atoms with Crippen molar-refractivity contribution in [3.05, 3.63) is 89.5 Å². The number of hydrogen-bond donors (Lipinski definition) is 0. The summed E-state index contributed by atoms with van der Waals surface area (Å²) in [5, 5.41) is 1.20. The van der Waals surface area contributed by atoms with Crippen LogP contribution in [-0.4, -0.2) is 16.6 Å². The van der Waals surface area contributed by atoms with Gasteiger partial charge >= 0.3 is 6.18 Å². The Balaban J connectivity index is 1.50. The quantitative estimate of drug-likeness (QED) is 0.281. The van der Waals surface area contributed by atoms with Crippen LogP contribution in [0.5, 0.6) is 5.75 Å². The normalized spacial score (nSPS) is 11.7. The van der Waals surface area contributed by atoms with Crippen LogP contribution in [0.1, 0.15) is 30.0 Å². The molecule has 1 aromatic heterocycles. The van der Waals surface area contributed by atoms with Gasteiger partial charge in [-0.2, -0.15) is 13.2 Å². The first-order valence-corrected chi connectivity index (χ1v) is 10.7. The molecule has 7 heteroatoms. The number of rotatable bonds is 7. The minimum atomic E-state index is -4.36. The third kappa shape index (κ3) is 5.30. The average Bonchev–Trinajstić information content (AvgIpc) is 2.82. The van der Waals surface area contributed by atoms with Crippen LogP contribution in [0.4, 0.5) is 17.6 Å². The van der Waals surface area contributed by atoms with Gasteiger partial charge in [0, 0.05) is 10.9 Å². The summed E-state index contributed by atoms with van der Waals surface area (Å²) in [7, 11) is 0. The summed E-state index contributed by atoms with van der Waals surface area (Å²) < 4.78 is 58.7. The van der Waals surface area contributed by atoms with Gasteiger partial charge in [0.05, 0.1) is 24.6 Å². The lowest BCUT2D eigenvalue weighted by molar-refractivity contribution is -0.137. The molecule has 170 valence electrons. The van der Waals surface area contributed by atoms with Crippen LogP contribution < -0.4 is 4.74 Å². The summed E-state index contributed by atoms with van der Waals surface area (Å²) in [6.45, 7) is 2.61. The van der Waals surface area contributed by atoms with Gasteiger partial charge in [-0.15, -0.1) is 0 Å². The lowest BCUT2D eigenvalue weighted by Gasteiger charge is -2.10. The number of ether oxygens (including phenoxy) is 1. The molecule has 0 N–H and O–H groups in total. The first-order chi connectivity index (χ1) is 15.8. The van der Waals surface area contributed by atoms with Crippen LogP contribution in [0, 0.1) is 5.82 Å². The van der Waals surface area contributed by atoms with E-state index in [4.69, 9.17) is 4.74 Å². The van der Waals surface area contributed by atoms with Gasteiger partial charge in [0.1, 0.15) is 5.82 Å². The van der Waals surface area contributed by atoms with Crippen LogP contribution in [0.3, 0.4) is 0 Å². The Morgan fingerprint density at radius 3 is 2.27 bits per heavy atom. The summed E-state index contributed by atoms with van der Waals surface area (Å²) in [4.78, 5) is 8.67. The third-order valence-corrected chi connectivity index (χ3v) is 5.36. The molecule has 0 saturated heterocycles. The second-order valence-corrected chi connectivity index (χ2v) is 7.76. The minimum Gasteiger partial charge on any atom is -0.490 e. The third-order valence-electron chi connectivity index (χ3n) is 5.36. The van der Waals surface area contributed by atoms with E-state index in [0.717, 1.165) is 35.1 Å². The largest absolute Gasteiger partial charge is 0.490 e. The van der Waals surface area contributed by atoms with E-state index in [0.29, 0.717) is 42.0 Å². The zero-order chi connectivity index (χ0) is 23.4. The fourth-order valence-electron chi connectivity index (χ4n) is 3.57. The van der Waals surface area contributed by atoms with Crippen molar-refractivity contribution in [3.8, 4) is 17.1 Å². The minimum absolute atomic E-state index is 0.324. The fraction of sp³-hybridized carbons (Fsp3) is 0.231. The van der Waals surface area contributed by atoms with Crippen molar-refractivity contribution in [2.24, 2.45) is 0 Å². The summed E-state index contributed by atoms with van der Waals surface area (Å²) in [5.74, 6) is 0.799. The van der Waals surface area contributed by atoms with Crippen molar-refractivity contribution < 1.29 is 22.3 Å². The fourth-order valence-corrected chi connectivity index (χ4v) is 3.57. The Bertz CT molecular complexity index is 1240. The molecule has 0 aliphatic heterocycles. The highest BCUT2D eigenvalue weighted by Crippen LogP contribution is 2.30. The molecule has 0 aliphatic carbocycles. The van der Waals surface area contributed by atoms with Crippen molar-refractivity contribution in [1.82, 2.24) is 9.97 Å². The molecule has 0 aliphatic rings. The second kappa shape index (κ2) is 9.57. The molecule has 0 bridgehead atoms. The topological polar surface area (TPSA) is 35.0 Å². The van der Waals surface area contributed by atoms with Crippen LogP contribution in [0.15, 0.2) is 67.0 Å². The van der Waals surface area contributed by atoms with E-state index in [-0.39, 0.29) is 5.82 Å². The molecule has 0 spiro atoms. The standard InChI is InChI=1S/C26H22F4N2O/c1-2-13-33-22-15-31-25(32-16-22)20-9-12-23-19(14-20)8-7-18(24(23)27)6-3-17-4-10-21(11-5-17)26(28,29)30/h4-5,7-12,14-16H,2-3,6,13H2,1H3. The summed E-state index contributed by atoms with van der Waals surface area (Å²) in [6, 6.07) is 13.8. The van der Waals surface area contributed by atoms with Crippen molar-refractivity contribution >= 4 is 10.8 Å². The van der Waals surface area contributed by atoms with Gasteiger partial charge in [-0.05, 0) is 54.0 Å². The van der Waals surface area contributed by atoms with Gasteiger partial charge in [-0.25, -0.2) is 14.4 Å². The van der Waals surface area contributed by atoms with E-state index < -0.39 is 11.7 Å². The molecule has 0 radical (unpaired) electrons. The van der Waals surface area contributed by atoms with Crippen LogP contribution >= 0.6 is 0 Å². The van der Waals surface area contributed by atoms with Gasteiger partial charge in [0.15, 0.2) is 11.6 Å². The summed E-state index contributed by atoms with van der Waals surface area (Å²) >= 11 is 0. The first-order valence-electron chi connectivity index (χ1n) is 10.7. The monoisotopic (exact) mass is 454 g/mol. The SMILES string of the molecule is CCCOc1cnc(-c2ccc3c(F)c(CCc4ccc(C(F)(F)F)cc4)ccc3c2)nc1. The van der Waals surface area contributed by atoms with Crippen LogP contribution in [-0.2, 0) is 19.0 Å². The zero-order valence-electron chi connectivity index (χ0n) is 18.0. The molecular weight excluding hydrogens is 432 g/mol. The zero-order valence-corrected chi connectivity index (χ0v) is 18.0. The smallest absolute Gasteiger partial charge is 0.416 e. The molecule has 1 heterocycles. The molecular formula is C26H22F4N2O. The van der Waals surface area contributed by atoms with Gasteiger partial charge in [0.2, 0.25) is 0 Å². The summed E-state index contributed by atoms with van der Waals surface area (Å²) in [5.41, 5.74) is 1.32. The number of benzene rings is 3. The van der Waals surface area contributed by atoms with Crippen molar-refractivity contribution in [2.45, 2.75) is 32.4 Å². The predicted molar refractivity (Wildman–Crippen MR) is 120 cm³/mol. The number of aryl methyl sites for hydroxylation is 2. The van der Waals surface area contributed by atoms with Gasteiger partial charge in [-0.3, -0.25) is 0 Å². The highest BCUT2D eigenvalue weighted by Gasteiger charge is 2.29. The van der Waals surface area contributed by atoms with Crippen LogP contribution in [0.25, 0.3) is 22.2 Å². The van der Waals surface area contributed by atoms with Crippen molar-refractivity contribution in [3.63, 3.8) is 0 Å². The van der Waals surface area contributed by atoms with Crippen LogP contribution in [0.2, 0.25) is 0 Å². The number of aromatic nitrogens is 2. The maximum absolute atomic E-state index is 15.1. The number of halogens is 4. The van der Waals surface area contributed by atoms with E-state index in [1.807, 2.05) is 19.1 Å². The lowest BCUT2D eigenvalue weighted by atomic mass is 9.98. The molecule has 0 saturated carbocycles. The van der Waals surface area contributed by atoms with Gasteiger partial charge in [-0.1, -0.05) is 43.3 Å². The first kappa shape index (κ1) is 22.7. The van der Waals surface area contributed by atoms with E-state index in [1.54, 1.807) is 30.6 Å². The van der Waals surface area contributed by atoms with E-state index in [9.17, 15) is 13.2 Å². The Morgan fingerprint density at radius 1 is 0.879 bits per heavy atom. The van der Waals surface area contributed by atoms with E-state index >= 15 is 4.39 Å². The van der Waals surface area contributed by atoms with E-state index in [1.165, 1.54) is 12.1 Å². The summed E-state index contributed by atoms with van der Waals surface area (Å²) in [6.07, 6.45) is 0.596. The maximum Gasteiger partial charge on any atom is 0.416 e. The van der Waals surface area contributed by atoms with Crippen molar-refractivity contribution in [2.75, 3.05) is 6.61 Å². The molecule has 0 unspecified atom stereocenters. The van der Waals surface area contributed by atoms with Crippen molar-refractivity contribution in [1.29, 1.82) is 0 Å². The Morgan fingerprint density at radius 2 is 1.61 bits per heavy atom. The Labute approximate surface area is 189 Å². The molecule has 3 aromatic carbocycles. The molecule has 4 rings (SSSR count). The number of hydrogen-bond acceptors (Lipinski definition) is 3. The van der Waals surface area contributed by atoms with Gasteiger partial charge in [0.25, 0.3) is 0 Å². The molecule has 4 aromatic rings. The molecule has 3 nitrogen and oxygen atoms in total. The number of alkyl halides is 3. The van der Waals surface area contributed by atoms with Gasteiger partial charge < -0.3 is 4.74 Å². The average molecular weight is 454 g/mol. The highest BCUT2D eigenvalue weighted by molar-refractivity contribution is 5.87.